The van der Waals surface area contributed by atoms with Crippen molar-refractivity contribution in [1.82, 2.24) is 19.6 Å². The molecule has 220 valence electrons. The van der Waals surface area contributed by atoms with E-state index < -0.39 is 17.9 Å². The van der Waals surface area contributed by atoms with Crippen LogP contribution in [-0.4, -0.2) is 131 Å². The van der Waals surface area contributed by atoms with E-state index >= 15 is 0 Å². The molecule has 1 fully saturated rings. The summed E-state index contributed by atoms with van der Waals surface area (Å²) in [5.41, 5.74) is 7.77. The molecule has 39 heavy (non-hydrogen) atoms. The van der Waals surface area contributed by atoms with Crippen LogP contribution in [0.1, 0.15) is 44.1 Å². The third-order valence-corrected chi connectivity index (χ3v) is 7.17. The zero-order valence-corrected chi connectivity index (χ0v) is 23.2. The van der Waals surface area contributed by atoms with Crippen LogP contribution in [-0.2, 0) is 20.8 Å². The minimum Gasteiger partial charge on any atom is -0.480 e. The predicted octanol–water partition coefficient (Wildman–Crippen LogP) is 1.63. The first kappa shape index (κ1) is 32.5. The Morgan fingerprint density at radius 2 is 0.923 bits per heavy atom. The van der Waals surface area contributed by atoms with Gasteiger partial charge in [0, 0.05) is 51.5 Å². The summed E-state index contributed by atoms with van der Waals surface area (Å²) in [7, 11) is 0. The van der Waals surface area contributed by atoms with Gasteiger partial charge in [-0.3, -0.25) is 29.1 Å². The lowest BCUT2D eigenvalue weighted by atomic mass is 10.1. The van der Waals surface area contributed by atoms with Crippen molar-refractivity contribution < 1.29 is 29.7 Å². The standard InChI is InChI=1S/C28H47N5O6/c29-25-9-7-24(8-10-25)11-14-30-12-5-3-1-2-4-6-13-31(21-26(34)35)17-18-33(23-28(38)39)20-19-32(16-15-30)22-27(36)37/h7-10H,1-6,11-23,29H2,(H,34,35)(H,36,37)(H,38,39). The maximum Gasteiger partial charge on any atom is 0.317 e. The first-order valence-corrected chi connectivity index (χ1v) is 14.1. The Bertz CT molecular complexity index is 869. The molecule has 1 aromatic rings. The molecule has 0 saturated carbocycles. The topological polar surface area (TPSA) is 151 Å². The van der Waals surface area contributed by atoms with Gasteiger partial charge in [-0.25, -0.2) is 0 Å². The van der Waals surface area contributed by atoms with Gasteiger partial charge in [-0.1, -0.05) is 37.8 Å². The number of aliphatic carboxylic acids is 3. The highest BCUT2D eigenvalue weighted by Gasteiger charge is 2.18. The second-order valence-electron chi connectivity index (χ2n) is 10.5. The number of carbonyl (C=O) groups is 3. The van der Waals surface area contributed by atoms with E-state index in [4.69, 9.17) is 5.73 Å². The number of rotatable bonds is 9. The molecule has 0 aliphatic carbocycles. The van der Waals surface area contributed by atoms with Gasteiger partial charge in [-0.2, -0.15) is 0 Å². The average molecular weight is 550 g/mol. The summed E-state index contributed by atoms with van der Waals surface area (Å²) in [5.74, 6) is -2.76. The largest absolute Gasteiger partial charge is 0.480 e. The molecule has 1 heterocycles. The quantitative estimate of drug-likeness (QED) is 0.333. The molecule has 0 amide bonds. The first-order valence-electron chi connectivity index (χ1n) is 14.1. The Labute approximate surface area is 232 Å². The van der Waals surface area contributed by atoms with Crippen LogP contribution in [0.2, 0.25) is 0 Å². The van der Waals surface area contributed by atoms with Gasteiger partial charge in [-0.15, -0.1) is 0 Å². The van der Waals surface area contributed by atoms with E-state index in [9.17, 15) is 29.7 Å². The number of hydrogen-bond acceptors (Lipinski definition) is 8. The molecule has 0 bridgehead atoms. The van der Waals surface area contributed by atoms with Crippen LogP contribution < -0.4 is 5.73 Å². The number of carboxylic acid groups (broad SMARTS) is 3. The molecule has 2 rings (SSSR count). The summed E-state index contributed by atoms with van der Waals surface area (Å²) in [6, 6.07) is 7.91. The predicted molar refractivity (Wildman–Crippen MR) is 151 cm³/mol. The molecule has 1 aliphatic rings. The summed E-state index contributed by atoms with van der Waals surface area (Å²) >= 11 is 0. The van der Waals surface area contributed by atoms with Crippen LogP contribution in [0.3, 0.4) is 0 Å². The van der Waals surface area contributed by atoms with Gasteiger partial charge in [0.25, 0.3) is 0 Å². The zero-order chi connectivity index (χ0) is 28.5. The highest BCUT2D eigenvalue weighted by Crippen LogP contribution is 2.11. The summed E-state index contributed by atoms with van der Waals surface area (Å²) in [6.45, 7) is 5.10. The van der Waals surface area contributed by atoms with Gasteiger partial charge >= 0.3 is 17.9 Å². The number of carboxylic acids is 3. The van der Waals surface area contributed by atoms with Crippen molar-refractivity contribution >= 4 is 23.6 Å². The van der Waals surface area contributed by atoms with Gasteiger partial charge in [0.2, 0.25) is 0 Å². The normalized spacial score (nSPS) is 19.2. The number of benzene rings is 1. The van der Waals surface area contributed by atoms with Crippen LogP contribution in [0.5, 0.6) is 0 Å². The monoisotopic (exact) mass is 549 g/mol. The van der Waals surface area contributed by atoms with Gasteiger partial charge in [0.1, 0.15) is 0 Å². The Balaban J connectivity index is 2.08. The van der Waals surface area contributed by atoms with Crippen LogP contribution >= 0.6 is 0 Å². The molecule has 0 atom stereocenters. The minimum atomic E-state index is -0.958. The Morgan fingerprint density at radius 1 is 0.564 bits per heavy atom. The van der Waals surface area contributed by atoms with Gasteiger partial charge in [0.05, 0.1) is 19.6 Å². The zero-order valence-electron chi connectivity index (χ0n) is 23.2. The van der Waals surface area contributed by atoms with E-state index in [1.165, 1.54) is 5.56 Å². The maximum absolute atomic E-state index is 11.6. The summed E-state index contributed by atoms with van der Waals surface area (Å²) in [5, 5.41) is 28.2. The van der Waals surface area contributed by atoms with Crippen molar-refractivity contribution in [2.24, 2.45) is 0 Å². The lowest BCUT2D eigenvalue weighted by molar-refractivity contribution is -0.140. The van der Waals surface area contributed by atoms with E-state index in [1.807, 2.05) is 34.1 Å². The Morgan fingerprint density at radius 3 is 1.36 bits per heavy atom. The number of nitrogens with zero attached hydrogens (tertiary/aromatic N) is 4. The smallest absolute Gasteiger partial charge is 0.317 e. The van der Waals surface area contributed by atoms with Crippen molar-refractivity contribution in [3.63, 3.8) is 0 Å². The summed E-state index contributed by atoms with van der Waals surface area (Å²) in [6.07, 6.45) is 7.26. The second kappa shape index (κ2) is 18.5. The highest BCUT2D eigenvalue weighted by molar-refractivity contribution is 5.69. The molecule has 1 aliphatic heterocycles. The Kier molecular flexibility index (Phi) is 15.4. The summed E-state index contributed by atoms with van der Waals surface area (Å²) in [4.78, 5) is 42.3. The average Bonchev–Trinajstić information content (AvgIpc) is 2.87. The van der Waals surface area contributed by atoms with Crippen molar-refractivity contribution in [1.29, 1.82) is 0 Å². The van der Waals surface area contributed by atoms with Crippen LogP contribution in [0.4, 0.5) is 5.69 Å². The van der Waals surface area contributed by atoms with Gasteiger partial charge in [-0.05, 0) is 50.0 Å². The van der Waals surface area contributed by atoms with Crippen LogP contribution in [0.15, 0.2) is 24.3 Å². The second-order valence-corrected chi connectivity index (χ2v) is 10.5. The Hall–Kier alpha value is -2.73. The van der Waals surface area contributed by atoms with E-state index in [0.29, 0.717) is 39.3 Å². The van der Waals surface area contributed by atoms with Gasteiger partial charge in [0.15, 0.2) is 0 Å². The first-order chi connectivity index (χ1) is 18.7. The van der Waals surface area contributed by atoms with Crippen molar-refractivity contribution in [2.75, 3.05) is 84.3 Å². The highest BCUT2D eigenvalue weighted by atomic mass is 16.4. The molecular formula is C28H47N5O6. The molecule has 11 heteroatoms. The number of hydrogen-bond donors (Lipinski definition) is 4. The maximum atomic E-state index is 11.6. The molecular weight excluding hydrogens is 502 g/mol. The molecule has 1 saturated heterocycles. The number of nitrogen functional groups attached to an aromatic ring is 1. The number of anilines is 1. The van der Waals surface area contributed by atoms with Crippen LogP contribution in [0.25, 0.3) is 0 Å². The third-order valence-electron chi connectivity index (χ3n) is 7.17. The third kappa shape index (κ3) is 15.4. The van der Waals surface area contributed by atoms with Crippen LogP contribution in [0, 0.1) is 0 Å². The SMILES string of the molecule is Nc1ccc(CCN2CCCCCCCCN(CC(=O)O)CCN(CC(=O)O)CCN(CC(=O)O)CC2)cc1. The minimum absolute atomic E-state index is 0.0712. The van der Waals surface area contributed by atoms with E-state index in [1.54, 1.807) is 4.90 Å². The fraction of sp³-hybridized carbons (Fsp3) is 0.679. The number of nitrogens with two attached hydrogens (primary N) is 1. The molecule has 0 unspecified atom stereocenters. The fourth-order valence-electron chi connectivity index (χ4n) is 4.92. The lowest BCUT2D eigenvalue weighted by Gasteiger charge is -2.30. The lowest BCUT2D eigenvalue weighted by Crippen LogP contribution is -2.45. The molecule has 0 aromatic heterocycles. The molecule has 5 N–H and O–H groups in total. The molecule has 1 aromatic carbocycles. The van der Waals surface area contributed by atoms with E-state index in [0.717, 1.165) is 70.3 Å². The van der Waals surface area contributed by atoms with E-state index in [2.05, 4.69) is 4.90 Å². The fourth-order valence-corrected chi connectivity index (χ4v) is 4.92. The van der Waals surface area contributed by atoms with Crippen molar-refractivity contribution in [3.8, 4) is 0 Å². The summed E-state index contributed by atoms with van der Waals surface area (Å²) < 4.78 is 0. The van der Waals surface area contributed by atoms with Gasteiger partial charge < -0.3 is 26.0 Å². The van der Waals surface area contributed by atoms with E-state index in [-0.39, 0.29) is 19.6 Å². The van der Waals surface area contributed by atoms with Crippen molar-refractivity contribution in [3.05, 3.63) is 29.8 Å². The molecule has 0 radical (unpaired) electrons. The molecule has 0 spiro atoms. The van der Waals surface area contributed by atoms with Crippen molar-refractivity contribution in [2.45, 2.75) is 44.9 Å². The molecule has 11 nitrogen and oxygen atoms in total.